The number of amides is 1. The largest absolute Gasteiger partial charge is 0.494 e. The van der Waals surface area contributed by atoms with Crippen molar-refractivity contribution in [3.05, 3.63) is 72.0 Å². The Bertz CT molecular complexity index is 1380. The molecule has 9 nitrogen and oxygen atoms in total. The zero-order valence-corrected chi connectivity index (χ0v) is 19.5. The van der Waals surface area contributed by atoms with E-state index in [0.29, 0.717) is 16.4 Å². The van der Waals surface area contributed by atoms with Crippen LogP contribution in [-0.4, -0.2) is 42.0 Å². The Morgan fingerprint density at radius 1 is 1.18 bits per heavy atom. The minimum Gasteiger partial charge on any atom is -0.494 e. The Morgan fingerprint density at radius 2 is 1.97 bits per heavy atom. The Balaban J connectivity index is 1.49. The lowest BCUT2D eigenvalue weighted by atomic mass is 10.2. The van der Waals surface area contributed by atoms with E-state index in [4.69, 9.17) is 4.74 Å². The first-order chi connectivity index (χ1) is 15.9. The van der Waals surface area contributed by atoms with E-state index in [1.807, 2.05) is 36.5 Å². The molecule has 0 bridgehead atoms. The molecule has 0 atom stereocenters. The van der Waals surface area contributed by atoms with Crippen LogP contribution in [0.4, 0.5) is 11.4 Å². The summed E-state index contributed by atoms with van der Waals surface area (Å²) in [4.78, 5) is 17.1. The predicted octanol–water partition coefficient (Wildman–Crippen LogP) is 4.02. The zero-order valence-electron chi connectivity index (χ0n) is 17.8. The quantitative estimate of drug-likeness (QED) is 0.391. The Morgan fingerprint density at radius 3 is 2.70 bits per heavy atom. The standard InChI is InChI=1S/C22H21N5O4S2/c1-3-33(29,30)26-18-10-9-16(11-20(18)31-2)24-21(28)19-14-32-22(25-19)15-12-23-27(13-15)17-7-5-4-6-8-17/h4-14,26H,3H2,1-2H3,(H,24,28). The number of hydrogen-bond acceptors (Lipinski definition) is 7. The molecule has 170 valence electrons. The van der Waals surface area contributed by atoms with E-state index >= 15 is 0 Å². The summed E-state index contributed by atoms with van der Waals surface area (Å²) in [5.41, 5.74) is 2.73. The van der Waals surface area contributed by atoms with Gasteiger partial charge in [-0.05, 0) is 31.2 Å². The number of thiazole rings is 1. The summed E-state index contributed by atoms with van der Waals surface area (Å²) in [6, 6.07) is 14.4. The van der Waals surface area contributed by atoms with Crippen LogP contribution in [0.2, 0.25) is 0 Å². The van der Waals surface area contributed by atoms with Crippen LogP contribution in [0, 0.1) is 0 Å². The lowest BCUT2D eigenvalue weighted by Gasteiger charge is -2.12. The number of ether oxygens (including phenoxy) is 1. The number of methoxy groups -OCH3 is 1. The lowest BCUT2D eigenvalue weighted by Crippen LogP contribution is -2.16. The third-order valence-corrected chi connectivity index (χ3v) is 6.87. The molecule has 0 saturated heterocycles. The van der Waals surface area contributed by atoms with Crippen LogP contribution in [0.25, 0.3) is 16.3 Å². The van der Waals surface area contributed by atoms with Crippen LogP contribution in [-0.2, 0) is 10.0 Å². The monoisotopic (exact) mass is 483 g/mol. The number of anilines is 2. The van der Waals surface area contributed by atoms with Gasteiger partial charge in [0.1, 0.15) is 16.5 Å². The summed E-state index contributed by atoms with van der Waals surface area (Å²) >= 11 is 1.34. The molecule has 0 aliphatic heterocycles. The number of nitrogens with zero attached hydrogens (tertiary/aromatic N) is 3. The van der Waals surface area contributed by atoms with E-state index in [1.165, 1.54) is 31.4 Å². The molecule has 2 aromatic carbocycles. The minimum atomic E-state index is -3.46. The van der Waals surface area contributed by atoms with Crippen molar-refractivity contribution >= 4 is 38.6 Å². The summed E-state index contributed by atoms with van der Waals surface area (Å²) in [7, 11) is -2.03. The highest BCUT2D eigenvalue weighted by Crippen LogP contribution is 2.30. The summed E-state index contributed by atoms with van der Waals surface area (Å²) in [5, 5.41) is 9.47. The van der Waals surface area contributed by atoms with Crippen LogP contribution < -0.4 is 14.8 Å². The zero-order chi connectivity index (χ0) is 23.4. The van der Waals surface area contributed by atoms with Crippen LogP contribution in [0.1, 0.15) is 17.4 Å². The SMILES string of the molecule is CCS(=O)(=O)Nc1ccc(NC(=O)c2csc(-c3cnn(-c4ccccc4)c3)n2)cc1OC. The Hall–Kier alpha value is -3.70. The maximum atomic E-state index is 12.7. The first-order valence-electron chi connectivity index (χ1n) is 9.94. The first kappa shape index (κ1) is 22.5. The number of carbonyl (C=O) groups is 1. The average molecular weight is 484 g/mol. The number of hydrogen-bond donors (Lipinski definition) is 2. The van der Waals surface area contributed by atoms with Crippen LogP contribution in [0.15, 0.2) is 66.3 Å². The number of carbonyl (C=O) groups excluding carboxylic acids is 1. The summed E-state index contributed by atoms with van der Waals surface area (Å²) in [6.07, 6.45) is 3.56. The molecule has 2 N–H and O–H groups in total. The molecule has 4 aromatic rings. The highest BCUT2D eigenvalue weighted by Gasteiger charge is 2.16. The maximum absolute atomic E-state index is 12.7. The van der Waals surface area contributed by atoms with E-state index in [0.717, 1.165) is 11.3 Å². The lowest BCUT2D eigenvalue weighted by molar-refractivity contribution is 0.102. The third-order valence-electron chi connectivity index (χ3n) is 4.69. The molecular formula is C22H21N5O4S2. The van der Waals surface area contributed by atoms with Crippen molar-refractivity contribution in [2.75, 3.05) is 22.9 Å². The van der Waals surface area contributed by atoms with Crippen molar-refractivity contribution in [1.29, 1.82) is 0 Å². The van der Waals surface area contributed by atoms with Gasteiger partial charge in [-0.3, -0.25) is 9.52 Å². The molecule has 0 spiro atoms. The van der Waals surface area contributed by atoms with E-state index in [2.05, 4.69) is 20.1 Å². The van der Waals surface area contributed by atoms with Crippen molar-refractivity contribution in [2.45, 2.75) is 6.92 Å². The minimum absolute atomic E-state index is 0.0644. The van der Waals surface area contributed by atoms with Gasteiger partial charge >= 0.3 is 0 Å². The van der Waals surface area contributed by atoms with Gasteiger partial charge in [0.05, 0.1) is 30.4 Å². The van der Waals surface area contributed by atoms with Crippen molar-refractivity contribution < 1.29 is 17.9 Å². The van der Waals surface area contributed by atoms with Crippen molar-refractivity contribution in [2.24, 2.45) is 0 Å². The second-order valence-electron chi connectivity index (χ2n) is 6.92. The highest BCUT2D eigenvalue weighted by molar-refractivity contribution is 7.92. The third kappa shape index (κ3) is 5.21. The number of aromatic nitrogens is 3. The normalized spacial score (nSPS) is 11.2. The van der Waals surface area contributed by atoms with E-state index in [1.54, 1.807) is 28.4 Å². The molecule has 2 aromatic heterocycles. The summed E-state index contributed by atoms with van der Waals surface area (Å²) in [6.45, 7) is 1.54. The Labute approximate surface area is 195 Å². The van der Waals surface area contributed by atoms with E-state index in [9.17, 15) is 13.2 Å². The molecule has 0 aliphatic rings. The number of benzene rings is 2. The molecule has 11 heteroatoms. The number of sulfonamides is 1. The van der Waals surface area contributed by atoms with Crippen LogP contribution >= 0.6 is 11.3 Å². The molecule has 4 rings (SSSR count). The van der Waals surface area contributed by atoms with Gasteiger partial charge in [0.25, 0.3) is 5.91 Å². The second-order valence-corrected chi connectivity index (χ2v) is 9.79. The fourth-order valence-corrected chi connectivity index (χ4v) is 4.38. The average Bonchev–Trinajstić information content (AvgIpc) is 3.50. The fourth-order valence-electron chi connectivity index (χ4n) is 2.95. The topological polar surface area (TPSA) is 115 Å². The van der Waals surface area contributed by atoms with Gasteiger partial charge in [0.2, 0.25) is 10.0 Å². The van der Waals surface area contributed by atoms with E-state index < -0.39 is 15.9 Å². The van der Waals surface area contributed by atoms with E-state index in [-0.39, 0.29) is 17.2 Å². The molecular weight excluding hydrogens is 462 g/mol. The molecule has 1 amide bonds. The molecule has 0 aliphatic carbocycles. The smallest absolute Gasteiger partial charge is 0.275 e. The van der Waals surface area contributed by atoms with Crippen LogP contribution in [0.3, 0.4) is 0 Å². The van der Waals surface area contributed by atoms with Crippen LogP contribution in [0.5, 0.6) is 5.75 Å². The maximum Gasteiger partial charge on any atom is 0.275 e. The Kier molecular flexibility index (Phi) is 6.43. The van der Waals surface area contributed by atoms with Gasteiger partial charge in [-0.1, -0.05) is 18.2 Å². The van der Waals surface area contributed by atoms with Gasteiger partial charge in [0, 0.05) is 28.9 Å². The fraction of sp³-hybridized carbons (Fsp3) is 0.136. The molecule has 0 radical (unpaired) electrons. The van der Waals surface area contributed by atoms with Crippen molar-refractivity contribution in [3.8, 4) is 22.0 Å². The van der Waals surface area contributed by atoms with Crippen molar-refractivity contribution in [1.82, 2.24) is 14.8 Å². The molecule has 33 heavy (non-hydrogen) atoms. The number of rotatable bonds is 8. The highest BCUT2D eigenvalue weighted by atomic mass is 32.2. The van der Waals surface area contributed by atoms with Gasteiger partial charge in [-0.25, -0.2) is 18.1 Å². The molecule has 2 heterocycles. The molecule has 0 saturated carbocycles. The molecule has 0 unspecified atom stereocenters. The summed E-state index contributed by atoms with van der Waals surface area (Å²) < 4.78 is 33.1. The number of nitrogens with one attached hydrogen (secondary N) is 2. The second kappa shape index (κ2) is 9.43. The van der Waals surface area contributed by atoms with Gasteiger partial charge < -0.3 is 10.1 Å². The van der Waals surface area contributed by atoms with Crippen molar-refractivity contribution in [3.63, 3.8) is 0 Å². The summed E-state index contributed by atoms with van der Waals surface area (Å²) in [5.74, 6) is -0.167. The van der Waals surface area contributed by atoms with Gasteiger partial charge in [-0.15, -0.1) is 11.3 Å². The number of para-hydroxylation sites is 1. The first-order valence-corrected chi connectivity index (χ1v) is 12.5. The van der Waals surface area contributed by atoms with Gasteiger partial charge in [-0.2, -0.15) is 5.10 Å². The predicted molar refractivity (Wildman–Crippen MR) is 129 cm³/mol. The van der Waals surface area contributed by atoms with Gasteiger partial charge in [0.15, 0.2) is 0 Å². The molecule has 0 fully saturated rings.